The van der Waals surface area contributed by atoms with Crippen molar-refractivity contribution in [2.75, 3.05) is 12.8 Å². The number of nitrogens with two attached hydrogens (primary N) is 1. The van der Waals surface area contributed by atoms with Crippen LogP contribution in [0.1, 0.15) is 63.6 Å². The molecule has 1 aromatic heterocycles. The predicted octanol–water partition coefficient (Wildman–Crippen LogP) is 4.13. The molecule has 0 aliphatic heterocycles. The summed E-state index contributed by atoms with van der Waals surface area (Å²) in [7, 11) is 1.76. The number of methoxy groups -OCH3 is 1. The van der Waals surface area contributed by atoms with Gasteiger partial charge in [-0.25, -0.2) is 9.97 Å². The molecule has 1 saturated carbocycles. The third-order valence-electron chi connectivity index (χ3n) is 4.15. The zero-order valence-electron chi connectivity index (χ0n) is 13.2. The number of rotatable bonds is 5. The van der Waals surface area contributed by atoms with Crippen molar-refractivity contribution in [3.8, 4) is 0 Å². The highest BCUT2D eigenvalue weighted by Crippen LogP contribution is 2.36. The summed E-state index contributed by atoms with van der Waals surface area (Å²) in [6.07, 6.45) is 7.21. The molecular weight excluding hydrogens is 377 g/mol. The highest BCUT2D eigenvalue weighted by Gasteiger charge is 2.28. The number of hydrogen-bond donors (Lipinski definition) is 1. The van der Waals surface area contributed by atoms with Crippen LogP contribution in [0.3, 0.4) is 0 Å². The van der Waals surface area contributed by atoms with E-state index in [1.54, 1.807) is 7.11 Å². The van der Waals surface area contributed by atoms with Gasteiger partial charge in [0.2, 0.25) is 0 Å². The quantitative estimate of drug-likeness (QED) is 0.752. The largest absolute Gasteiger partial charge is 0.383 e. The Kier molecular flexibility index (Phi) is 6.22. The summed E-state index contributed by atoms with van der Waals surface area (Å²) in [4.78, 5) is 9.32. The molecule has 4 nitrogen and oxygen atoms in total. The smallest absolute Gasteiger partial charge is 0.160 e. The van der Waals surface area contributed by atoms with Gasteiger partial charge >= 0.3 is 0 Å². The molecule has 0 saturated heterocycles. The first-order valence-electron chi connectivity index (χ1n) is 7.87. The van der Waals surface area contributed by atoms with Gasteiger partial charge in [-0.15, -0.1) is 0 Å². The zero-order valence-corrected chi connectivity index (χ0v) is 15.4. The molecule has 0 spiro atoms. The van der Waals surface area contributed by atoms with E-state index in [1.165, 1.54) is 32.1 Å². The topological polar surface area (TPSA) is 61.0 Å². The number of anilines is 1. The second-order valence-electron chi connectivity index (χ2n) is 6.38. The molecule has 1 fully saturated rings. The van der Waals surface area contributed by atoms with Crippen molar-refractivity contribution in [1.29, 1.82) is 0 Å². The Morgan fingerprint density at radius 3 is 2.48 bits per heavy atom. The summed E-state index contributed by atoms with van der Waals surface area (Å²) < 4.78 is 6.74. The summed E-state index contributed by atoms with van der Waals surface area (Å²) in [5.41, 5.74) is 7.17. The molecule has 0 radical (unpaired) electrons. The molecule has 0 amide bonds. The van der Waals surface area contributed by atoms with E-state index in [2.05, 4.69) is 41.4 Å². The van der Waals surface area contributed by atoms with Gasteiger partial charge in [0, 0.05) is 7.11 Å². The summed E-state index contributed by atoms with van der Waals surface area (Å²) in [6.45, 7) is 4.39. The minimum absolute atomic E-state index is 0.0180. The van der Waals surface area contributed by atoms with E-state index in [-0.39, 0.29) is 6.10 Å². The van der Waals surface area contributed by atoms with E-state index in [4.69, 9.17) is 15.5 Å². The number of hydrogen-bond acceptors (Lipinski definition) is 4. The Hall–Kier alpha value is -0.430. The SMILES string of the molecule is COC(c1nc(N)c(I)c(CC(C)C)n1)C1CCCCC1. The van der Waals surface area contributed by atoms with Gasteiger partial charge in [-0.1, -0.05) is 33.1 Å². The normalized spacial score (nSPS) is 18.1. The van der Waals surface area contributed by atoms with Crippen LogP contribution in [0.5, 0.6) is 0 Å². The van der Waals surface area contributed by atoms with Crippen LogP contribution in [-0.4, -0.2) is 17.1 Å². The van der Waals surface area contributed by atoms with Crippen LogP contribution < -0.4 is 5.73 Å². The molecule has 0 bridgehead atoms. The van der Waals surface area contributed by atoms with E-state index in [0.29, 0.717) is 17.7 Å². The maximum atomic E-state index is 6.11. The Balaban J connectivity index is 2.29. The second kappa shape index (κ2) is 7.72. The van der Waals surface area contributed by atoms with Gasteiger partial charge in [-0.3, -0.25) is 0 Å². The molecule has 118 valence electrons. The monoisotopic (exact) mass is 403 g/mol. The molecule has 1 aliphatic rings. The van der Waals surface area contributed by atoms with Gasteiger partial charge in [0.1, 0.15) is 11.9 Å². The lowest BCUT2D eigenvalue weighted by Gasteiger charge is -2.28. The molecule has 2 N–H and O–H groups in total. The fraction of sp³-hybridized carbons (Fsp3) is 0.750. The molecule has 0 aromatic carbocycles. The van der Waals surface area contributed by atoms with Gasteiger partial charge in [-0.05, 0) is 53.7 Å². The van der Waals surface area contributed by atoms with E-state index in [1.807, 2.05) is 0 Å². The highest BCUT2D eigenvalue weighted by atomic mass is 127. The lowest BCUT2D eigenvalue weighted by molar-refractivity contribution is 0.0288. The standard InChI is InChI=1S/C16H26IN3O/c1-10(2)9-12-13(17)15(18)20-16(19-12)14(21-3)11-7-5-4-6-8-11/h10-11,14H,4-9H2,1-3H3,(H2,18,19,20). The second-order valence-corrected chi connectivity index (χ2v) is 7.46. The van der Waals surface area contributed by atoms with Crippen molar-refractivity contribution in [3.63, 3.8) is 0 Å². The molecule has 5 heteroatoms. The number of nitrogens with zero attached hydrogens (tertiary/aromatic N) is 2. The Morgan fingerprint density at radius 2 is 1.90 bits per heavy atom. The van der Waals surface area contributed by atoms with E-state index < -0.39 is 0 Å². The third kappa shape index (κ3) is 4.28. The van der Waals surface area contributed by atoms with Crippen LogP contribution in [0.15, 0.2) is 0 Å². The fourth-order valence-electron chi connectivity index (χ4n) is 3.13. The zero-order chi connectivity index (χ0) is 15.4. The van der Waals surface area contributed by atoms with Crippen molar-refractivity contribution in [3.05, 3.63) is 15.1 Å². The third-order valence-corrected chi connectivity index (χ3v) is 5.33. The number of aromatic nitrogens is 2. The molecular formula is C16H26IN3O. The molecule has 1 atom stereocenters. The van der Waals surface area contributed by atoms with Crippen LogP contribution in [0.4, 0.5) is 5.82 Å². The van der Waals surface area contributed by atoms with Gasteiger partial charge in [0.25, 0.3) is 0 Å². The maximum absolute atomic E-state index is 6.11. The first kappa shape index (κ1) is 16.9. The average molecular weight is 403 g/mol. The Labute approximate surface area is 141 Å². The van der Waals surface area contributed by atoms with Crippen LogP contribution in [0.25, 0.3) is 0 Å². The summed E-state index contributed by atoms with van der Waals surface area (Å²) >= 11 is 2.25. The number of ether oxygens (including phenoxy) is 1. The van der Waals surface area contributed by atoms with Gasteiger partial charge in [-0.2, -0.15) is 0 Å². The van der Waals surface area contributed by atoms with Gasteiger partial charge in [0.05, 0.1) is 9.26 Å². The van der Waals surface area contributed by atoms with Crippen LogP contribution >= 0.6 is 22.6 Å². The number of nitrogen functional groups attached to an aromatic ring is 1. The first-order valence-corrected chi connectivity index (χ1v) is 8.95. The minimum atomic E-state index is -0.0180. The average Bonchev–Trinajstić information content (AvgIpc) is 2.45. The van der Waals surface area contributed by atoms with Crippen LogP contribution in [0, 0.1) is 15.4 Å². The molecule has 1 aliphatic carbocycles. The summed E-state index contributed by atoms with van der Waals surface area (Å²) in [5.74, 6) is 2.44. The molecule has 2 rings (SSSR count). The minimum Gasteiger partial charge on any atom is -0.383 e. The molecule has 1 aromatic rings. The van der Waals surface area contributed by atoms with Crippen molar-refractivity contribution in [1.82, 2.24) is 9.97 Å². The summed E-state index contributed by atoms with van der Waals surface area (Å²) in [6, 6.07) is 0. The van der Waals surface area contributed by atoms with Crippen molar-refractivity contribution < 1.29 is 4.74 Å². The lowest BCUT2D eigenvalue weighted by atomic mass is 9.85. The lowest BCUT2D eigenvalue weighted by Crippen LogP contribution is -2.22. The van der Waals surface area contributed by atoms with E-state index in [9.17, 15) is 0 Å². The van der Waals surface area contributed by atoms with E-state index in [0.717, 1.165) is 21.5 Å². The van der Waals surface area contributed by atoms with Gasteiger partial charge < -0.3 is 10.5 Å². The summed E-state index contributed by atoms with van der Waals surface area (Å²) in [5, 5.41) is 0. The van der Waals surface area contributed by atoms with Crippen molar-refractivity contribution in [2.45, 2.75) is 58.5 Å². The van der Waals surface area contributed by atoms with Gasteiger partial charge in [0.15, 0.2) is 5.82 Å². The number of halogens is 1. The van der Waals surface area contributed by atoms with Crippen molar-refractivity contribution >= 4 is 28.4 Å². The fourth-order valence-corrected chi connectivity index (χ4v) is 3.59. The predicted molar refractivity (Wildman–Crippen MR) is 94.0 cm³/mol. The highest BCUT2D eigenvalue weighted by molar-refractivity contribution is 14.1. The molecule has 1 unspecified atom stereocenters. The molecule has 21 heavy (non-hydrogen) atoms. The Morgan fingerprint density at radius 1 is 1.24 bits per heavy atom. The molecule has 1 heterocycles. The first-order chi connectivity index (χ1) is 10.0. The van der Waals surface area contributed by atoms with E-state index >= 15 is 0 Å². The van der Waals surface area contributed by atoms with Crippen LogP contribution in [0.2, 0.25) is 0 Å². The maximum Gasteiger partial charge on any atom is 0.160 e. The van der Waals surface area contributed by atoms with Crippen molar-refractivity contribution in [2.24, 2.45) is 11.8 Å². The Bertz CT molecular complexity index is 473. The van der Waals surface area contributed by atoms with Crippen LogP contribution in [-0.2, 0) is 11.2 Å².